The minimum Gasteiger partial charge on any atom is -0.486 e. The number of rotatable bonds is 4. The number of hydrogen-bond donors (Lipinski definition) is 1. The van der Waals surface area contributed by atoms with Crippen LogP contribution < -0.4 is 14.8 Å². The highest BCUT2D eigenvalue weighted by atomic mass is 16.6. The Morgan fingerprint density at radius 1 is 1.26 bits per heavy atom. The first-order valence-electron chi connectivity index (χ1n) is 7.87. The number of ether oxygens (including phenoxy) is 2. The van der Waals surface area contributed by atoms with Crippen LogP contribution in [-0.2, 0) is 11.3 Å². The second-order valence-electron chi connectivity index (χ2n) is 5.88. The SMILES string of the molecule is O=C(Cn1cc(C2CCC2)nn1)Nc1ccc2c(c1)OCCO2. The van der Waals surface area contributed by atoms with Crippen LogP contribution in [-0.4, -0.2) is 34.1 Å². The molecule has 0 unspecified atom stereocenters. The molecule has 0 spiro atoms. The van der Waals surface area contributed by atoms with E-state index in [4.69, 9.17) is 9.47 Å². The zero-order valence-corrected chi connectivity index (χ0v) is 12.7. The third-order valence-corrected chi connectivity index (χ3v) is 4.21. The topological polar surface area (TPSA) is 78.3 Å². The lowest BCUT2D eigenvalue weighted by molar-refractivity contribution is -0.116. The van der Waals surface area contributed by atoms with Gasteiger partial charge >= 0.3 is 0 Å². The van der Waals surface area contributed by atoms with Crippen molar-refractivity contribution in [2.24, 2.45) is 0 Å². The quantitative estimate of drug-likeness (QED) is 0.933. The highest BCUT2D eigenvalue weighted by Gasteiger charge is 2.22. The van der Waals surface area contributed by atoms with Gasteiger partial charge in [0.05, 0.1) is 5.69 Å². The third kappa shape index (κ3) is 2.99. The van der Waals surface area contributed by atoms with E-state index in [0.29, 0.717) is 36.3 Å². The molecule has 1 aromatic heterocycles. The molecule has 4 rings (SSSR count). The van der Waals surface area contributed by atoms with Gasteiger partial charge < -0.3 is 14.8 Å². The second kappa shape index (κ2) is 5.91. The molecule has 120 valence electrons. The Kier molecular flexibility index (Phi) is 3.61. The molecule has 1 N–H and O–H groups in total. The molecular formula is C16H18N4O3. The maximum absolute atomic E-state index is 12.1. The number of nitrogens with one attached hydrogen (secondary N) is 1. The van der Waals surface area contributed by atoms with Gasteiger partial charge in [-0.1, -0.05) is 11.6 Å². The predicted octanol–water partition coefficient (Wildman–Crippen LogP) is 1.96. The Morgan fingerprint density at radius 3 is 2.87 bits per heavy atom. The highest BCUT2D eigenvalue weighted by molar-refractivity contribution is 5.90. The summed E-state index contributed by atoms with van der Waals surface area (Å²) in [6.07, 6.45) is 5.46. The molecule has 1 amide bonds. The summed E-state index contributed by atoms with van der Waals surface area (Å²) in [6, 6.07) is 5.37. The molecule has 7 nitrogen and oxygen atoms in total. The van der Waals surface area contributed by atoms with E-state index < -0.39 is 0 Å². The molecule has 2 aliphatic rings. The summed E-state index contributed by atoms with van der Waals surface area (Å²) in [7, 11) is 0. The Morgan fingerprint density at radius 2 is 2.09 bits per heavy atom. The fourth-order valence-corrected chi connectivity index (χ4v) is 2.75. The minimum absolute atomic E-state index is 0.147. The largest absolute Gasteiger partial charge is 0.486 e. The van der Waals surface area contributed by atoms with Crippen LogP contribution in [0.25, 0.3) is 0 Å². The molecule has 2 heterocycles. The van der Waals surface area contributed by atoms with Crippen LogP contribution in [0, 0.1) is 0 Å². The van der Waals surface area contributed by atoms with Crippen LogP contribution in [0.2, 0.25) is 0 Å². The van der Waals surface area contributed by atoms with E-state index >= 15 is 0 Å². The molecule has 0 atom stereocenters. The fourth-order valence-electron chi connectivity index (χ4n) is 2.75. The number of amides is 1. The molecule has 23 heavy (non-hydrogen) atoms. The van der Waals surface area contributed by atoms with E-state index in [1.54, 1.807) is 22.9 Å². The molecule has 1 saturated carbocycles. The molecule has 7 heteroatoms. The first kappa shape index (κ1) is 14.0. The van der Waals surface area contributed by atoms with Crippen LogP contribution in [0.1, 0.15) is 30.9 Å². The fraction of sp³-hybridized carbons (Fsp3) is 0.438. The lowest BCUT2D eigenvalue weighted by Crippen LogP contribution is -2.20. The standard InChI is InChI=1S/C16H18N4O3/c21-16(10-20-9-13(18-19-20)11-2-1-3-11)17-12-4-5-14-15(8-12)23-7-6-22-14/h4-5,8-9,11H,1-3,6-7,10H2,(H,17,21). The Balaban J connectivity index is 1.38. The van der Waals surface area contributed by atoms with Gasteiger partial charge in [-0.05, 0) is 25.0 Å². The summed E-state index contributed by atoms with van der Waals surface area (Å²) >= 11 is 0. The second-order valence-corrected chi connectivity index (χ2v) is 5.88. The maximum Gasteiger partial charge on any atom is 0.246 e. The van der Waals surface area contributed by atoms with E-state index in [2.05, 4.69) is 15.6 Å². The predicted molar refractivity (Wildman–Crippen MR) is 82.7 cm³/mol. The molecule has 0 bridgehead atoms. The number of carbonyl (C=O) groups excluding carboxylic acids is 1. The molecule has 1 fully saturated rings. The van der Waals surface area contributed by atoms with Crippen molar-refractivity contribution in [3.63, 3.8) is 0 Å². The molecule has 0 radical (unpaired) electrons. The van der Waals surface area contributed by atoms with Crippen molar-refractivity contribution in [1.29, 1.82) is 0 Å². The van der Waals surface area contributed by atoms with E-state index in [9.17, 15) is 4.79 Å². The monoisotopic (exact) mass is 314 g/mol. The van der Waals surface area contributed by atoms with Gasteiger partial charge in [0.2, 0.25) is 5.91 Å². The van der Waals surface area contributed by atoms with Gasteiger partial charge in [-0.2, -0.15) is 0 Å². The Hall–Kier alpha value is -2.57. The number of aromatic nitrogens is 3. The summed E-state index contributed by atoms with van der Waals surface area (Å²) in [5.41, 5.74) is 1.67. The van der Waals surface area contributed by atoms with Gasteiger partial charge in [0, 0.05) is 23.9 Å². The first-order chi connectivity index (χ1) is 11.3. The van der Waals surface area contributed by atoms with Gasteiger partial charge in [-0.3, -0.25) is 4.79 Å². The van der Waals surface area contributed by atoms with Crippen molar-refractivity contribution in [3.05, 3.63) is 30.1 Å². The number of fused-ring (bicyclic) bond motifs is 1. The van der Waals surface area contributed by atoms with Crippen LogP contribution in [0.4, 0.5) is 5.69 Å². The van der Waals surface area contributed by atoms with Crippen LogP contribution in [0.15, 0.2) is 24.4 Å². The maximum atomic E-state index is 12.1. The number of carbonyl (C=O) groups is 1. The Bertz CT molecular complexity index is 724. The number of anilines is 1. The zero-order chi connectivity index (χ0) is 15.6. The van der Waals surface area contributed by atoms with Crippen molar-refractivity contribution in [2.45, 2.75) is 31.7 Å². The van der Waals surface area contributed by atoms with Crippen molar-refractivity contribution in [2.75, 3.05) is 18.5 Å². The van der Waals surface area contributed by atoms with E-state index in [-0.39, 0.29) is 12.5 Å². The van der Waals surface area contributed by atoms with Crippen LogP contribution >= 0.6 is 0 Å². The average molecular weight is 314 g/mol. The van der Waals surface area contributed by atoms with Crippen molar-refractivity contribution in [1.82, 2.24) is 15.0 Å². The van der Waals surface area contributed by atoms with Crippen molar-refractivity contribution in [3.8, 4) is 11.5 Å². The number of benzene rings is 1. The van der Waals surface area contributed by atoms with Crippen molar-refractivity contribution >= 4 is 11.6 Å². The first-order valence-corrected chi connectivity index (χ1v) is 7.87. The smallest absolute Gasteiger partial charge is 0.246 e. The summed E-state index contributed by atoms with van der Waals surface area (Å²) in [6.45, 7) is 1.22. The molecular weight excluding hydrogens is 296 g/mol. The lowest BCUT2D eigenvalue weighted by Gasteiger charge is -2.22. The molecule has 0 saturated heterocycles. The number of nitrogens with zero attached hydrogens (tertiary/aromatic N) is 3. The van der Waals surface area contributed by atoms with Gasteiger partial charge in [0.1, 0.15) is 19.8 Å². The minimum atomic E-state index is -0.147. The van der Waals surface area contributed by atoms with Gasteiger partial charge in [0.25, 0.3) is 0 Å². The molecule has 1 aromatic carbocycles. The molecule has 2 aromatic rings. The summed E-state index contributed by atoms with van der Waals surface area (Å²) in [5, 5.41) is 11.0. The lowest BCUT2D eigenvalue weighted by atomic mass is 9.83. The third-order valence-electron chi connectivity index (χ3n) is 4.21. The van der Waals surface area contributed by atoms with Gasteiger partial charge in [-0.15, -0.1) is 5.10 Å². The normalized spacial score (nSPS) is 16.7. The van der Waals surface area contributed by atoms with Crippen LogP contribution in [0.3, 0.4) is 0 Å². The van der Waals surface area contributed by atoms with Gasteiger partial charge in [-0.25, -0.2) is 4.68 Å². The van der Waals surface area contributed by atoms with E-state index in [1.165, 1.54) is 19.3 Å². The molecule has 1 aliphatic heterocycles. The summed E-state index contributed by atoms with van der Waals surface area (Å²) in [4.78, 5) is 12.1. The van der Waals surface area contributed by atoms with Crippen molar-refractivity contribution < 1.29 is 14.3 Å². The number of hydrogen-bond acceptors (Lipinski definition) is 5. The van der Waals surface area contributed by atoms with Crippen LogP contribution in [0.5, 0.6) is 11.5 Å². The highest BCUT2D eigenvalue weighted by Crippen LogP contribution is 2.35. The Labute approximate surface area is 133 Å². The summed E-state index contributed by atoms with van der Waals surface area (Å²) < 4.78 is 12.6. The average Bonchev–Trinajstić information content (AvgIpc) is 2.93. The zero-order valence-electron chi connectivity index (χ0n) is 12.7. The summed E-state index contributed by atoms with van der Waals surface area (Å²) in [5.74, 6) is 1.73. The van der Waals surface area contributed by atoms with E-state index in [0.717, 1.165) is 5.69 Å². The van der Waals surface area contributed by atoms with E-state index in [1.807, 2.05) is 6.20 Å². The van der Waals surface area contributed by atoms with Gasteiger partial charge in [0.15, 0.2) is 11.5 Å². The molecule has 1 aliphatic carbocycles.